The lowest BCUT2D eigenvalue weighted by atomic mass is 10.0. The molecule has 0 atom stereocenters. The van der Waals surface area contributed by atoms with Crippen LogP contribution in [0, 0.1) is 6.92 Å². The van der Waals surface area contributed by atoms with Gasteiger partial charge in [0.15, 0.2) is 0 Å². The average Bonchev–Trinajstić information content (AvgIpc) is 3.48. The minimum atomic E-state index is 0.432. The molecular formula is C56H77ClN12O7S. The molecule has 1 N–H and O–H groups in total. The molecule has 0 radical (unpaired) electrons. The molecule has 0 saturated carbocycles. The molecule has 4 aliphatic carbocycles. The summed E-state index contributed by atoms with van der Waals surface area (Å²) in [6.07, 6.45) is 17.8. The summed E-state index contributed by atoms with van der Waals surface area (Å²) in [5.74, 6) is 3.72. The summed E-state index contributed by atoms with van der Waals surface area (Å²) in [6.45, 7) is 22.9. The van der Waals surface area contributed by atoms with Crippen LogP contribution in [0.15, 0.2) is 121 Å². The van der Waals surface area contributed by atoms with E-state index >= 15 is 0 Å². The monoisotopic (exact) mass is 1100 g/mol. The molecule has 3 heterocycles. The summed E-state index contributed by atoms with van der Waals surface area (Å²) in [5.41, 5.74) is 42.6. The standard InChI is InChI=1S/C18H29N3O3.C17H20N2O2S.C11H15ClN4O.C10H13N3O/c1-3-5-9-23-17-14-16(21-7-11-22-12-8-21)18(13-15(17)20-19)24-10-6-4-2;1-4-20-14-11-17(15(21-5-2)10-13(14)19-18)22-16-9-7-6-8-12(16)3;1-17-11-7-9(15-13)8(12)6-10(11)16-4-2-14-3-5-16;11-12-9-1-3-10(4-2-9)13-5-7-14-8-6-13/h14H,3-13H2,1-2H3;6-9,11H,4-5,10H2,1-3H3;6,14H,2-5,7H2,1H3;1,3-4H,2,5-8H2. The van der Waals surface area contributed by atoms with E-state index in [4.69, 9.17) is 55.8 Å². The van der Waals surface area contributed by atoms with Crippen molar-refractivity contribution in [1.82, 2.24) is 20.0 Å². The van der Waals surface area contributed by atoms with Gasteiger partial charge >= 0.3 is 17.1 Å². The fourth-order valence-electron chi connectivity index (χ4n) is 8.54. The van der Waals surface area contributed by atoms with Crippen molar-refractivity contribution in [3.05, 3.63) is 144 Å². The molecule has 416 valence electrons. The number of nitrogens with zero attached hydrogens (tertiary/aromatic N) is 11. The van der Waals surface area contributed by atoms with Crippen LogP contribution in [0.2, 0.25) is 0 Å². The molecule has 7 aliphatic rings. The number of nitrogens with one attached hydrogen (secondary N) is 1. The number of ether oxygens (including phenoxy) is 7. The van der Waals surface area contributed by atoms with E-state index in [1.54, 1.807) is 18.9 Å². The second kappa shape index (κ2) is 34.4. The summed E-state index contributed by atoms with van der Waals surface area (Å²) >= 11 is 7.70. The second-order valence-corrected chi connectivity index (χ2v) is 19.6. The van der Waals surface area contributed by atoms with Gasteiger partial charge in [0.05, 0.1) is 82.7 Å². The maximum Gasteiger partial charge on any atom is 0.341 e. The van der Waals surface area contributed by atoms with Crippen molar-refractivity contribution in [2.24, 2.45) is 0 Å². The van der Waals surface area contributed by atoms with Crippen LogP contribution in [-0.4, -0.2) is 169 Å². The minimum absolute atomic E-state index is 0.432. The Balaban J connectivity index is 0.000000193. The highest BCUT2D eigenvalue weighted by atomic mass is 35.5. The Morgan fingerprint density at radius 3 is 1.78 bits per heavy atom. The van der Waals surface area contributed by atoms with Gasteiger partial charge in [-0.15, -0.1) is 0 Å². The summed E-state index contributed by atoms with van der Waals surface area (Å²) < 4.78 is 39.2. The molecule has 0 amide bonds. The second-order valence-electron chi connectivity index (χ2n) is 18.1. The predicted octanol–water partition coefficient (Wildman–Crippen LogP) is 9.23. The average molecular weight is 1100 g/mol. The van der Waals surface area contributed by atoms with Gasteiger partial charge in [-0.1, -0.05) is 68.3 Å². The number of hydrogen-bond donors (Lipinski definition) is 1. The van der Waals surface area contributed by atoms with Crippen molar-refractivity contribution in [2.75, 3.05) is 112 Å². The molecule has 3 fully saturated rings. The van der Waals surface area contributed by atoms with Gasteiger partial charge in [-0.25, -0.2) is 0 Å². The third-order valence-corrected chi connectivity index (χ3v) is 14.4. The molecule has 19 nitrogen and oxygen atoms in total. The number of piperazine rings is 1. The highest BCUT2D eigenvalue weighted by molar-refractivity contribution is 8.03. The molecule has 3 aliphatic heterocycles. The zero-order valence-electron chi connectivity index (χ0n) is 45.8. The summed E-state index contributed by atoms with van der Waals surface area (Å²) in [4.78, 5) is 22.1. The van der Waals surface area contributed by atoms with Crippen molar-refractivity contribution in [1.29, 1.82) is 0 Å². The number of benzene rings is 1. The Labute approximate surface area is 464 Å². The Bertz CT molecular complexity index is 2620. The zero-order chi connectivity index (χ0) is 55.2. The van der Waals surface area contributed by atoms with Crippen LogP contribution < -0.4 is 5.32 Å². The normalized spacial score (nSPS) is 18.5. The van der Waals surface area contributed by atoms with E-state index in [1.165, 1.54) is 16.2 Å². The first-order valence-corrected chi connectivity index (χ1v) is 28.0. The van der Waals surface area contributed by atoms with Crippen LogP contribution in [0.1, 0.15) is 84.6 Å². The van der Waals surface area contributed by atoms with E-state index < -0.39 is 0 Å². The molecular weight excluding hydrogens is 1020 g/mol. The van der Waals surface area contributed by atoms with Gasteiger partial charge in [-0.05, 0) is 63.5 Å². The van der Waals surface area contributed by atoms with E-state index in [0.29, 0.717) is 105 Å². The summed E-state index contributed by atoms with van der Waals surface area (Å²) in [6, 6.07) is 8.21. The number of unbranched alkanes of at least 4 members (excludes halogenated alkanes) is 2. The topological polar surface area (TPSA) is 232 Å². The SMILES string of the molecule is CCCCOC1=CC(N2CCOCC2)=C(OCCCC)CC1=[N+]=[N-].CCOC1=CC(Sc2ccccc2C)=C(OCC)CC1=[N+]=[N-].COC1=C(N2CCNCC2)C=C(Cl)C(=[N+]=[N-])C1.[N-]=[N+]=C1C=CC(N2CCOCC2)=CC1. The first-order valence-electron chi connectivity index (χ1n) is 26.8. The van der Waals surface area contributed by atoms with Gasteiger partial charge in [0, 0.05) is 81.2 Å². The lowest BCUT2D eigenvalue weighted by Gasteiger charge is -2.32. The molecule has 21 heteroatoms. The van der Waals surface area contributed by atoms with Crippen LogP contribution >= 0.6 is 23.4 Å². The van der Waals surface area contributed by atoms with E-state index in [0.717, 1.165) is 125 Å². The molecule has 3 saturated heterocycles. The summed E-state index contributed by atoms with van der Waals surface area (Å²) in [5, 5.41) is 3.77. The van der Waals surface area contributed by atoms with E-state index in [1.807, 2.05) is 56.4 Å². The van der Waals surface area contributed by atoms with Gasteiger partial charge in [0.2, 0.25) is 11.5 Å². The maximum absolute atomic E-state index is 9.36. The van der Waals surface area contributed by atoms with E-state index in [9.17, 15) is 11.1 Å². The highest BCUT2D eigenvalue weighted by Gasteiger charge is 2.32. The lowest BCUT2D eigenvalue weighted by Crippen LogP contribution is -2.43. The number of hydrogen-bond acceptors (Lipinski definition) is 12. The van der Waals surface area contributed by atoms with Gasteiger partial charge in [0.25, 0.3) is 5.71 Å². The smallest absolute Gasteiger partial charge is 0.341 e. The molecule has 0 bridgehead atoms. The molecule has 77 heavy (non-hydrogen) atoms. The zero-order valence-corrected chi connectivity index (χ0v) is 47.4. The van der Waals surface area contributed by atoms with Gasteiger partial charge in [0.1, 0.15) is 41.6 Å². The first-order chi connectivity index (χ1) is 37.6. The molecule has 1 aromatic carbocycles. The molecule has 8 rings (SSSR count). The number of rotatable bonds is 18. The molecule has 0 aromatic heterocycles. The first kappa shape index (κ1) is 61.4. The van der Waals surface area contributed by atoms with Crippen LogP contribution in [0.5, 0.6) is 0 Å². The van der Waals surface area contributed by atoms with Crippen molar-refractivity contribution >= 4 is 46.2 Å². The Hall–Kier alpha value is -6.42. The Morgan fingerprint density at radius 1 is 0.636 bits per heavy atom. The van der Waals surface area contributed by atoms with E-state index in [-0.39, 0.29) is 0 Å². The minimum Gasteiger partial charge on any atom is -0.498 e. The van der Waals surface area contributed by atoms with Crippen molar-refractivity contribution in [3.63, 3.8) is 0 Å². The van der Waals surface area contributed by atoms with Crippen LogP contribution in [0.4, 0.5) is 0 Å². The Morgan fingerprint density at radius 2 is 1.21 bits per heavy atom. The van der Waals surface area contributed by atoms with Crippen LogP contribution in [-0.2, 0) is 33.2 Å². The van der Waals surface area contributed by atoms with Gasteiger partial charge in [-0.3, -0.25) is 0 Å². The number of aryl methyl sites for hydroxylation is 1. The Kier molecular flexibility index (Phi) is 27.4. The number of methoxy groups -OCH3 is 1. The number of morpholine rings is 2. The van der Waals surface area contributed by atoms with E-state index in [2.05, 4.69) is 78.2 Å². The van der Waals surface area contributed by atoms with Crippen LogP contribution in [0.3, 0.4) is 0 Å². The molecule has 0 unspecified atom stereocenters. The van der Waals surface area contributed by atoms with Gasteiger partial charge < -0.3 is 75.3 Å². The van der Waals surface area contributed by atoms with Gasteiger partial charge in [-0.2, -0.15) is 19.2 Å². The predicted molar refractivity (Wildman–Crippen MR) is 300 cm³/mol. The molecule has 0 spiro atoms. The fourth-order valence-corrected chi connectivity index (χ4v) is 9.77. The highest BCUT2D eigenvalue weighted by Crippen LogP contribution is 2.37. The van der Waals surface area contributed by atoms with Crippen molar-refractivity contribution in [2.45, 2.75) is 90.9 Å². The summed E-state index contributed by atoms with van der Waals surface area (Å²) in [7, 11) is 1.62. The third kappa shape index (κ3) is 19.2. The van der Waals surface area contributed by atoms with Crippen molar-refractivity contribution < 1.29 is 52.3 Å². The quantitative estimate of drug-likeness (QED) is 0.0823. The largest absolute Gasteiger partial charge is 0.498 e. The third-order valence-electron chi connectivity index (χ3n) is 12.8. The fraction of sp³-hybridized carbons (Fsp3) is 0.536. The van der Waals surface area contributed by atoms with Crippen molar-refractivity contribution in [3.8, 4) is 0 Å². The van der Waals surface area contributed by atoms with Crippen LogP contribution in [0.25, 0.3) is 22.1 Å². The molecule has 1 aromatic rings. The lowest BCUT2D eigenvalue weighted by molar-refractivity contribution is -0.0146. The number of allylic oxidation sites excluding steroid dienone is 12. The maximum atomic E-state index is 9.36. The number of thioether (sulfide) groups is 1. The number of halogens is 1.